The minimum Gasteiger partial charge on any atom is -0.439 e. The molecule has 4 heterocycles. The molecule has 2 N–H and O–H groups in total. The second-order valence-corrected chi connectivity index (χ2v) is 8.46. The maximum atomic E-state index is 12.1. The van der Waals surface area contributed by atoms with Crippen LogP contribution in [0.2, 0.25) is 5.02 Å². The fraction of sp³-hybridized carbons (Fsp3) is 0.160. The van der Waals surface area contributed by atoms with Crippen molar-refractivity contribution in [3.63, 3.8) is 0 Å². The molecule has 1 aliphatic rings. The largest absolute Gasteiger partial charge is 0.439 e. The van der Waals surface area contributed by atoms with Crippen LogP contribution in [0.5, 0.6) is 11.6 Å². The number of rotatable bonds is 5. The van der Waals surface area contributed by atoms with Gasteiger partial charge in [0.05, 0.1) is 27.9 Å². The van der Waals surface area contributed by atoms with Gasteiger partial charge in [0, 0.05) is 49.1 Å². The van der Waals surface area contributed by atoms with Crippen molar-refractivity contribution in [3.05, 3.63) is 77.7 Å². The molecule has 1 aromatic carbocycles. The number of carbonyl (C=O) groups excluding carboxylic acids is 1. The quantitative estimate of drug-likeness (QED) is 0.420. The number of benzene rings is 1. The molecule has 1 amide bonds. The number of anilines is 1. The minimum absolute atomic E-state index is 0.0457. The third-order valence-electron chi connectivity index (χ3n) is 5.94. The summed E-state index contributed by atoms with van der Waals surface area (Å²) in [4.78, 5) is 27.1. The predicted octanol–water partition coefficient (Wildman–Crippen LogP) is 4.19. The first-order chi connectivity index (χ1) is 17.0. The SMILES string of the molecule is C=CC(=O)N1CCC(c2nc(-c3ccc(Oc4cc(C#N)ccn4)cc3Cl)n3c(N)nccc23)C1. The standard InChI is InChI=1S/C25H20ClN7O2/c1-2-22(34)32-10-7-16(14-32)23-20-6-9-30-25(28)33(20)24(31-23)18-4-3-17(12-19(18)26)35-21-11-15(13-27)5-8-29-21/h2-6,8-9,11-12,16H,1,7,10,14H2,(H2,28,30). The highest BCUT2D eigenvalue weighted by Crippen LogP contribution is 2.37. The van der Waals surface area contributed by atoms with Gasteiger partial charge in [0.1, 0.15) is 11.6 Å². The zero-order chi connectivity index (χ0) is 24.5. The zero-order valence-electron chi connectivity index (χ0n) is 18.6. The van der Waals surface area contributed by atoms with Crippen molar-refractivity contribution >= 4 is 29.0 Å². The molecule has 5 rings (SSSR count). The average molecular weight is 486 g/mol. The van der Waals surface area contributed by atoms with Gasteiger partial charge in [-0.2, -0.15) is 5.26 Å². The van der Waals surface area contributed by atoms with E-state index in [0.717, 1.165) is 17.6 Å². The highest BCUT2D eigenvalue weighted by molar-refractivity contribution is 6.33. The summed E-state index contributed by atoms with van der Waals surface area (Å²) in [6.45, 7) is 4.77. The van der Waals surface area contributed by atoms with Crippen LogP contribution in [0.1, 0.15) is 23.6 Å². The van der Waals surface area contributed by atoms with Crippen molar-refractivity contribution < 1.29 is 9.53 Å². The number of carbonyl (C=O) groups is 1. The second-order valence-electron chi connectivity index (χ2n) is 8.06. The van der Waals surface area contributed by atoms with Crippen LogP contribution >= 0.6 is 11.6 Å². The van der Waals surface area contributed by atoms with Gasteiger partial charge in [0.15, 0.2) is 0 Å². The number of halogens is 1. The number of likely N-dealkylation sites (tertiary alicyclic amines) is 1. The molecule has 3 aromatic heterocycles. The number of imidazole rings is 1. The number of amides is 1. The van der Waals surface area contributed by atoms with Crippen molar-refractivity contribution in [2.75, 3.05) is 18.8 Å². The van der Waals surface area contributed by atoms with Crippen molar-refractivity contribution in [2.24, 2.45) is 0 Å². The molecule has 0 saturated carbocycles. The van der Waals surface area contributed by atoms with Crippen LogP contribution in [-0.4, -0.2) is 43.2 Å². The minimum atomic E-state index is -0.0918. The molecule has 0 aliphatic carbocycles. The molecule has 10 heteroatoms. The third kappa shape index (κ3) is 4.16. The summed E-state index contributed by atoms with van der Waals surface area (Å²) in [6, 6.07) is 12.3. The maximum absolute atomic E-state index is 12.1. The summed E-state index contributed by atoms with van der Waals surface area (Å²) >= 11 is 6.66. The van der Waals surface area contributed by atoms with E-state index in [-0.39, 0.29) is 23.7 Å². The molecule has 0 bridgehead atoms. The number of aromatic nitrogens is 4. The third-order valence-corrected chi connectivity index (χ3v) is 6.25. The Labute approximate surface area is 206 Å². The number of nitrogens with zero attached hydrogens (tertiary/aromatic N) is 6. The number of nitrogen functional groups attached to an aromatic ring is 1. The molecule has 1 aliphatic heterocycles. The Balaban J connectivity index is 1.52. The van der Waals surface area contributed by atoms with E-state index in [0.29, 0.717) is 40.8 Å². The van der Waals surface area contributed by atoms with Crippen molar-refractivity contribution in [1.29, 1.82) is 5.26 Å². The molecule has 35 heavy (non-hydrogen) atoms. The van der Waals surface area contributed by atoms with E-state index in [1.807, 2.05) is 6.07 Å². The molecule has 0 spiro atoms. The van der Waals surface area contributed by atoms with Gasteiger partial charge in [0.2, 0.25) is 17.7 Å². The highest BCUT2D eigenvalue weighted by atomic mass is 35.5. The number of hydrogen-bond donors (Lipinski definition) is 1. The number of pyridine rings is 1. The second kappa shape index (κ2) is 9.08. The monoisotopic (exact) mass is 485 g/mol. The topological polar surface area (TPSA) is 122 Å². The van der Waals surface area contributed by atoms with Gasteiger partial charge in [-0.1, -0.05) is 18.2 Å². The van der Waals surface area contributed by atoms with Crippen molar-refractivity contribution in [3.8, 4) is 29.1 Å². The van der Waals surface area contributed by atoms with E-state index in [1.165, 1.54) is 12.3 Å². The lowest BCUT2D eigenvalue weighted by atomic mass is 10.0. The Kier molecular flexibility index (Phi) is 5.81. The van der Waals surface area contributed by atoms with E-state index in [4.69, 9.17) is 32.3 Å². The number of nitrogens with two attached hydrogens (primary N) is 1. The average Bonchev–Trinajstić information content (AvgIpc) is 3.50. The fourth-order valence-corrected chi connectivity index (χ4v) is 4.53. The van der Waals surface area contributed by atoms with Crippen molar-refractivity contribution in [1.82, 2.24) is 24.3 Å². The van der Waals surface area contributed by atoms with Crippen LogP contribution in [0.3, 0.4) is 0 Å². The van der Waals surface area contributed by atoms with Crippen LogP contribution in [0.25, 0.3) is 16.9 Å². The van der Waals surface area contributed by atoms with E-state index in [9.17, 15) is 4.79 Å². The number of fused-ring (bicyclic) bond motifs is 1. The van der Waals surface area contributed by atoms with Crippen molar-refractivity contribution in [2.45, 2.75) is 12.3 Å². The summed E-state index contributed by atoms with van der Waals surface area (Å²) in [5.41, 5.74) is 8.99. The first kappa shape index (κ1) is 22.4. The van der Waals surface area contributed by atoms with Crippen LogP contribution < -0.4 is 10.5 Å². The zero-order valence-corrected chi connectivity index (χ0v) is 19.3. The van der Waals surface area contributed by atoms with Gasteiger partial charge in [-0.25, -0.2) is 15.0 Å². The number of ether oxygens (including phenoxy) is 1. The van der Waals surface area contributed by atoms with Gasteiger partial charge in [0.25, 0.3) is 0 Å². The van der Waals surface area contributed by atoms with Gasteiger partial charge < -0.3 is 15.4 Å². The van der Waals surface area contributed by atoms with E-state index < -0.39 is 0 Å². The molecule has 0 radical (unpaired) electrons. The van der Waals surface area contributed by atoms with Gasteiger partial charge in [-0.15, -0.1) is 0 Å². The van der Waals surface area contributed by atoms with Gasteiger partial charge >= 0.3 is 0 Å². The molecule has 9 nitrogen and oxygen atoms in total. The Bertz CT molecular complexity index is 1510. The molecule has 1 unspecified atom stereocenters. The molecule has 1 atom stereocenters. The molecule has 1 fully saturated rings. The lowest BCUT2D eigenvalue weighted by Gasteiger charge is -2.13. The highest BCUT2D eigenvalue weighted by Gasteiger charge is 2.30. The van der Waals surface area contributed by atoms with Crippen LogP contribution in [0.15, 0.2) is 61.4 Å². The Morgan fingerprint density at radius 2 is 2.09 bits per heavy atom. The summed E-state index contributed by atoms with van der Waals surface area (Å²) < 4.78 is 7.55. The van der Waals surface area contributed by atoms with E-state index >= 15 is 0 Å². The molecular formula is C25H20ClN7O2. The van der Waals surface area contributed by atoms with E-state index in [2.05, 4.69) is 22.6 Å². The first-order valence-corrected chi connectivity index (χ1v) is 11.2. The van der Waals surface area contributed by atoms with Gasteiger partial charge in [-0.05, 0) is 36.8 Å². The van der Waals surface area contributed by atoms with Crippen LogP contribution in [0.4, 0.5) is 5.95 Å². The molecule has 4 aromatic rings. The molecule has 1 saturated heterocycles. The molecule has 174 valence electrons. The lowest BCUT2D eigenvalue weighted by Crippen LogP contribution is -2.26. The number of nitriles is 1. The number of hydrogen-bond acceptors (Lipinski definition) is 7. The normalized spacial score (nSPS) is 15.2. The first-order valence-electron chi connectivity index (χ1n) is 10.9. The molecular weight excluding hydrogens is 466 g/mol. The van der Waals surface area contributed by atoms with Crippen LogP contribution in [-0.2, 0) is 4.79 Å². The Morgan fingerprint density at radius 3 is 2.86 bits per heavy atom. The summed E-state index contributed by atoms with van der Waals surface area (Å²) in [5, 5.41) is 9.47. The maximum Gasteiger partial charge on any atom is 0.245 e. The lowest BCUT2D eigenvalue weighted by molar-refractivity contribution is -0.125. The fourth-order valence-electron chi connectivity index (χ4n) is 4.27. The van der Waals surface area contributed by atoms with Gasteiger partial charge in [-0.3, -0.25) is 9.20 Å². The summed E-state index contributed by atoms with van der Waals surface area (Å²) in [5.74, 6) is 1.53. The van der Waals surface area contributed by atoms with Crippen LogP contribution in [0, 0.1) is 11.3 Å². The van der Waals surface area contributed by atoms with E-state index in [1.54, 1.807) is 45.8 Å². The Morgan fingerprint density at radius 1 is 1.26 bits per heavy atom. The smallest absolute Gasteiger partial charge is 0.245 e. The predicted molar refractivity (Wildman–Crippen MR) is 131 cm³/mol. The Hall–Kier alpha value is -4.42. The summed E-state index contributed by atoms with van der Waals surface area (Å²) in [6.07, 6.45) is 5.26. The summed E-state index contributed by atoms with van der Waals surface area (Å²) in [7, 11) is 0.